The van der Waals surface area contributed by atoms with Gasteiger partial charge in [0.05, 0.1) is 5.57 Å². The van der Waals surface area contributed by atoms with Crippen molar-refractivity contribution in [2.45, 2.75) is 34.1 Å². The Balaban J connectivity index is 2.63. The molecule has 0 aromatic carbocycles. The number of Topliss-reactive ketones (excluding diaryl/α,β-unsaturated/α-hetero) is 2. The fourth-order valence-electron chi connectivity index (χ4n) is 2.88. The van der Waals surface area contributed by atoms with Crippen molar-refractivity contribution >= 4 is 17.3 Å². The molecule has 23 heavy (non-hydrogen) atoms. The summed E-state index contributed by atoms with van der Waals surface area (Å²) in [7, 11) is 0. The Hall–Kier alpha value is -2.29. The van der Waals surface area contributed by atoms with Gasteiger partial charge in [0.2, 0.25) is 11.6 Å². The number of ketones is 3. The molecule has 0 fully saturated rings. The summed E-state index contributed by atoms with van der Waals surface area (Å²) in [6.45, 7) is 11.5. The van der Waals surface area contributed by atoms with Crippen molar-refractivity contribution in [3.8, 4) is 0 Å². The third-order valence-corrected chi connectivity index (χ3v) is 4.45. The predicted molar refractivity (Wildman–Crippen MR) is 90.8 cm³/mol. The van der Waals surface area contributed by atoms with Crippen LogP contribution in [-0.4, -0.2) is 17.3 Å². The monoisotopic (exact) mass is 310 g/mol. The normalized spacial score (nSPS) is 21.5. The lowest BCUT2D eigenvalue weighted by molar-refractivity contribution is -0.134. The standard InChI is InChI=1S/C20H22O3/c1-11(2)13(5)10-16(21)18-17(12(3)4)14-8-6-7-9-15(14)19(22)20(18)23/h6-7,9-11,14H,3,8H2,1-2,4-5H3/b13-10-. The molecule has 0 saturated carbocycles. The third-order valence-electron chi connectivity index (χ3n) is 4.45. The molecule has 0 amide bonds. The molecule has 1 unspecified atom stereocenters. The number of carbonyl (C=O) groups excluding carboxylic acids is 3. The maximum absolute atomic E-state index is 12.7. The van der Waals surface area contributed by atoms with Gasteiger partial charge in [-0.15, -0.1) is 0 Å². The lowest BCUT2D eigenvalue weighted by Gasteiger charge is -2.29. The maximum atomic E-state index is 12.7. The highest BCUT2D eigenvalue weighted by molar-refractivity contribution is 6.56. The minimum Gasteiger partial charge on any atom is -0.289 e. The first-order valence-corrected chi connectivity index (χ1v) is 7.84. The number of carbonyl (C=O) groups is 3. The highest BCUT2D eigenvalue weighted by atomic mass is 16.2. The van der Waals surface area contributed by atoms with Crippen molar-refractivity contribution in [1.29, 1.82) is 0 Å². The average Bonchev–Trinajstić information content (AvgIpc) is 2.49. The Kier molecular flexibility index (Phi) is 4.79. The smallest absolute Gasteiger partial charge is 0.237 e. The third kappa shape index (κ3) is 3.09. The molecule has 1 atom stereocenters. The molecule has 120 valence electrons. The highest BCUT2D eigenvalue weighted by Crippen LogP contribution is 2.39. The van der Waals surface area contributed by atoms with E-state index in [2.05, 4.69) is 6.58 Å². The Morgan fingerprint density at radius 3 is 2.48 bits per heavy atom. The largest absolute Gasteiger partial charge is 0.289 e. The van der Waals surface area contributed by atoms with E-state index >= 15 is 0 Å². The molecule has 0 heterocycles. The van der Waals surface area contributed by atoms with Crippen LogP contribution < -0.4 is 0 Å². The second kappa shape index (κ2) is 6.45. The number of allylic oxidation sites excluding steroid dienone is 9. The summed E-state index contributed by atoms with van der Waals surface area (Å²) in [5.41, 5.74) is 2.63. The summed E-state index contributed by atoms with van der Waals surface area (Å²) in [5.74, 6) is -1.70. The van der Waals surface area contributed by atoms with Gasteiger partial charge in [0.1, 0.15) is 0 Å². The van der Waals surface area contributed by atoms with E-state index in [9.17, 15) is 14.4 Å². The topological polar surface area (TPSA) is 51.2 Å². The summed E-state index contributed by atoms with van der Waals surface area (Å²) in [5, 5.41) is 0. The molecule has 2 rings (SSSR count). The van der Waals surface area contributed by atoms with Crippen LogP contribution >= 0.6 is 0 Å². The fourth-order valence-corrected chi connectivity index (χ4v) is 2.88. The molecule has 3 nitrogen and oxygen atoms in total. The van der Waals surface area contributed by atoms with Crippen molar-refractivity contribution in [2.75, 3.05) is 0 Å². The van der Waals surface area contributed by atoms with E-state index in [0.29, 0.717) is 23.1 Å². The molecule has 2 aliphatic carbocycles. The molecule has 0 radical (unpaired) electrons. The summed E-state index contributed by atoms with van der Waals surface area (Å²) in [6, 6.07) is 0. The van der Waals surface area contributed by atoms with Crippen molar-refractivity contribution in [1.82, 2.24) is 0 Å². The second-order valence-corrected chi connectivity index (χ2v) is 6.47. The molecular formula is C20H22O3. The number of hydrogen-bond acceptors (Lipinski definition) is 3. The molecule has 0 aliphatic heterocycles. The predicted octanol–water partition coefficient (Wildman–Crippen LogP) is 3.68. The molecule has 3 heteroatoms. The maximum Gasteiger partial charge on any atom is 0.237 e. The second-order valence-electron chi connectivity index (χ2n) is 6.47. The van der Waals surface area contributed by atoms with Crippen molar-refractivity contribution < 1.29 is 14.4 Å². The lowest BCUT2D eigenvalue weighted by atomic mass is 9.71. The SMILES string of the molecule is C=C(C)C1=C(C(=O)/C=C(/C)C(C)C)C(=O)C(=O)C2=CC=CCC21. The van der Waals surface area contributed by atoms with E-state index in [-0.39, 0.29) is 23.2 Å². The van der Waals surface area contributed by atoms with Crippen LogP contribution in [0.1, 0.15) is 34.1 Å². The van der Waals surface area contributed by atoms with Gasteiger partial charge in [-0.25, -0.2) is 0 Å². The zero-order chi connectivity index (χ0) is 17.3. The van der Waals surface area contributed by atoms with Gasteiger partial charge in [-0.1, -0.05) is 49.8 Å². The molecule has 0 bridgehead atoms. The number of fused-ring (bicyclic) bond motifs is 1. The van der Waals surface area contributed by atoms with Crippen LogP contribution in [0.2, 0.25) is 0 Å². The first-order valence-electron chi connectivity index (χ1n) is 7.84. The van der Waals surface area contributed by atoms with Gasteiger partial charge < -0.3 is 0 Å². The lowest BCUT2D eigenvalue weighted by Crippen LogP contribution is -2.35. The Labute approximate surface area is 137 Å². The van der Waals surface area contributed by atoms with Crippen LogP contribution in [0.3, 0.4) is 0 Å². The van der Waals surface area contributed by atoms with E-state index in [0.717, 1.165) is 5.57 Å². The van der Waals surface area contributed by atoms with Crippen LogP contribution in [0.4, 0.5) is 0 Å². The fraction of sp³-hybridized carbons (Fsp3) is 0.350. The molecule has 0 N–H and O–H groups in total. The quantitative estimate of drug-likeness (QED) is 0.452. The minimum atomic E-state index is -0.710. The minimum absolute atomic E-state index is 0.0000463. The summed E-state index contributed by atoms with van der Waals surface area (Å²) >= 11 is 0. The van der Waals surface area contributed by atoms with E-state index in [4.69, 9.17) is 0 Å². The Morgan fingerprint density at radius 2 is 1.91 bits per heavy atom. The molecule has 2 aliphatic rings. The van der Waals surface area contributed by atoms with Crippen molar-refractivity contribution in [3.05, 3.63) is 58.7 Å². The average molecular weight is 310 g/mol. The highest BCUT2D eigenvalue weighted by Gasteiger charge is 2.40. The first-order chi connectivity index (χ1) is 10.8. The molecular weight excluding hydrogens is 288 g/mol. The van der Waals surface area contributed by atoms with Gasteiger partial charge in [0, 0.05) is 11.5 Å². The zero-order valence-corrected chi connectivity index (χ0v) is 14.1. The van der Waals surface area contributed by atoms with Crippen molar-refractivity contribution in [3.63, 3.8) is 0 Å². The molecule has 0 saturated heterocycles. The molecule has 0 spiro atoms. The number of hydrogen-bond donors (Lipinski definition) is 0. The Morgan fingerprint density at radius 1 is 1.26 bits per heavy atom. The van der Waals surface area contributed by atoms with Gasteiger partial charge in [0.15, 0.2) is 5.78 Å². The van der Waals surface area contributed by atoms with Gasteiger partial charge in [-0.3, -0.25) is 14.4 Å². The molecule has 0 aromatic heterocycles. The number of rotatable bonds is 4. The van der Waals surface area contributed by atoms with Gasteiger partial charge in [0.25, 0.3) is 0 Å². The van der Waals surface area contributed by atoms with E-state index < -0.39 is 11.6 Å². The summed E-state index contributed by atoms with van der Waals surface area (Å²) < 4.78 is 0. The van der Waals surface area contributed by atoms with Crippen LogP contribution in [0, 0.1) is 11.8 Å². The summed E-state index contributed by atoms with van der Waals surface area (Å²) in [4.78, 5) is 37.6. The zero-order valence-electron chi connectivity index (χ0n) is 14.1. The van der Waals surface area contributed by atoms with Crippen LogP contribution in [0.25, 0.3) is 0 Å². The molecule has 0 aromatic rings. The van der Waals surface area contributed by atoms with Crippen LogP contribution in [-0.2, 0) is 14.4 Å². The van der Waals surface area contributed by atoms with E-state index in [1.807, 2.05) is 26.8 Å². The van der Waals surface area contributed by atoms with Crippen molar-refractivity contribution in [2.24, 2.45) is 11.8 Å². The van der Waals surface area contributed by atoms with Crippen LogP contribution in [0.5, 0.6) is 0 Å². The van der Waals surface area contributed by atoms with Gasteiger partial charge in [-0.05, 0) is 37.8 Å². The van der Waals surface area contributed by atoms with E-state index in [1.54, 1.807) is 19.1 Å². The Bertz CT molecular complexity index is 724. The summed E-state index contributed by atoms with van der Waals surface area (Å²) in [6.07, 6.45) is 7.48. The van der Waals surface area contributed by atoms with E-state index in [1.165, 1.54) is 6.08 Å². The van der Waals surface area contributed by atoms with Gasteiger partial charge >= 0.3 is 0 Å². The first kappa shape index (κ1) is 17.1. The van der Waals surface area contributed by atoms with Gasteiger partial charge in [-0.2, -0.15) is 0 Å². The van der Waals surface area contributed by atoms with Crippen LogP contribution in [0.15, 0.2) is 58.7 Å².